The van der Waals surface area contributed by atoms with E-state index in [-0.39, 0.29) is 30.1 Å². The van der Waals surface area contributed by atoms with E-state index in [1.165, 1.54) is 4.31 Å². The first-order valence-corrected chi connectivity index (χ1v) is 9.75. The highest BCUT2D eigenvalue weighted by Gasteiger charge is 2.44. The van der Waals surface area contributed by atoms with Crippen molar-refractivity contribution in [3.63, 3.8) is 0 Å². The quantitative estimate of drug-likeness (QED) is 0.883. The zero-order valence-corrected chi connectivity index (χ0v) is 13.8. The lowest BCUT2D eigenvalue weighted by molar-refractivity contribution is -0.135. The smallest absolute Gasteiger partial charge is 0.257 e. The van der Waals surface area contributed by atoms with Crippen molar-refractivity contribution in [3.05, 3.63) is 17.5 Å². The van der Waals surface area contributed by atoms with Crippen LogP contribution in [-0.2, 0) is 14.8 Å². The fourth-order valence-corrected chi connectivity index (χ4v) is 5.15. The molecule has 122 valence electrons. The van der Waals surface area contributed by atoms with Gasteiger partial charge in [0.15, 0.2) is 5.67 Å². The molecule has 0 spiro atoms. The van der Waals surface area contributed by atoms with Gasteiger partial charge in [0.25, 0.3) is 15.9 Å². The first kappa shape index (κ1) is 15.9. The Kier molecular flexibility index (Phi) is 4.26. The van der Waals surface area contributed by atoms with Crippen LogP contribution >= 0.6 is 11.3 Å². The van der Waals surface area contributed by atoms with Gasteiger partial charge < -0.3 is 5.32 Å². The highest BCUT2D eigenvalue weighted by atomic mass is 32.2. The molecule has 3 rings (SSSR count). The van der Waals surface area contributed by atoms with Crippen LogP contribution < -0.4 is 5.32 Å². The highest BCUT2D eigenvalue weighted by molar-refractivity contribution is 7.91. The van der Waals surface area contributed by atoms with Crippen LogP contribution in [0.5, 0.6) is 0 Å². The van der Waals surface area contributed by atoms with Gasteiger partial charge in [-0.2, -0.15) is 4.31 Å². The normalized spacial score (nSPS) is 22.4. The van der Waals surface area contributed by atoms with Gasteiger partial charge in [-0.05, 0) is 30.2 Å². The summed E-state index contributed by atoms with van der Waals surface area (Å²) in [5.74, 6) is -0.0978. The maximum absolute atomic E-state index is 14.7. The summed E-state index contributed by atoms with van der Waals surface area (Å²) in [5, 5.41) is 4.35. The predicted octanol–water partition coefficient (Wildman–Crippen LogP) is 1.77. The average Bonchev–Trinajstić information content (AvgIpc) is 3.15. The number of carbonyl (C=O) groups excluding carboxylic acids is 1. The summed E-state index contributed by atoms with van der Waals surface area (Å²) in [7, 11) is -3.56. The zero-order chi connectivity index (χ0) is 15.8. The van der Waals surface area contributed by atoms with E-state index in [2.05, 4.69) is 5.32 Å². The molecule has 1 saturated carbocycles. The maximum atomic E-state index is 14.7. The van der Waals surface area contributed by atoms with Crippen LogP contribution in [0.25, 0.3) is 0 Å². The summed E-state index contributed by atoms with van der Waals surface area (Å²) < 4.78 is 41.0. The molecule has 1 aromatic heterocycles. The monoisotopic (exact) mass is 346 g/mol. The third kappa shape index (κ3) is 3.18. The second-order valence-corrected chi connectivity index (χ2v) is 9.07. The molecule has 1 amide bonds. The standard InChI is InChI=1S/C14H19FN2O3S2/c15-14(13(18)16-10-11-3-4-11)5-7-17(8-6-14)22(19,20)12-2-1-9-21-12/h1-2,9,11H,3-8,10H2,(H,16,18). The van der Waals surface area contributed by atoms with Crippen LogP contribution in [0.15, 0.2) is 21.7 Å². The minimum atomic E-state index is -3.56. The van der Waals surface area contributed by atoms with Crippen molar-refractivity contribution in [3.8, 4) is 0 Å². The predicted molar refractivity (Wildman–Crippen MR) is 81.9 cm³/mol. The van der Waals surface area contributed by atoms with Crippen molar-refractivity contribution in [2.75, 3.05) is 19.6 Å². The van der Waals surface area contributed by atoms with E-state index >= 15 is 0 Å². The third-order valence-corrected chi connectivity index (χ3v) is 7.53. The number of alkyl halides is 1. The van der Waals surface area contributed by atoms with Crippen LogP contribution in [0.1, 0.15) is 25.7 Å². The van der Waals surface area contributed by atoms with Crippen molar-refractivity contribution in [1.29, 1.82) is 0 Å². The van der Waals surface area contributed by atoms with Gasteiger partial charge in [0.2, 0.25) is 0 Å². The highest BCUT2D eigenvalue weighted by Crippen LogP contribution is 2.32. The number of nitrogens with one attached hydrogen (secondary N) is 1. The Balaban J connectivity index is 1.60. The number of hydrogen-bond acceptors (Lipinski definition) is 4. The Morgan fingerprint density at radius 3 is 2.64 bits per heavy atom. The first-order valence-electron chi connectivity index (χ1n) is 7.43. The van der Waals surface area contributed by atoms with Gasteiger partial charge in [-0.1, -0.05) is 6.07 Å². The maximum Gasteiger partial charge on any atom is 0.257 e. The Labute approximate surface area is 133 Å². The molecule has 1 aliphatic heterocycles. The largest absolute Gasteiger partial charge is 0.353 e. The molecule has 1 aliphatic carbocycles. The lowest BCUT2D eigenvalue weighted by atomic mass is 9.93. The molecule has 5 nitrogen and oxygen atoms in total. The molecular weight excluding hydrogens is 327 g/mol. The van der Waals surface area contributed by atoms with Gasteiger partial charge in [0.1, 0.15) is 4.21 Å². The van der Waals surface area contributed by atoms with E-state index in [1.807, 2.05) is 0 Å². The van der Waals surface area contributed by atoms with Crippen molar-refractivity contribution >= 4 is 27.3 Å². The lowest BCUT2D eigenvalue weighted by Gasteiger charge is -2.34. The van der Waals surface area contributed by atoms with Gasteiger partial charge in [-0.15, -0.1) is 11.3 Å². The van der Waals surface area contributed by atoms with E-state index in [1.54, 1.807) is 17.5 Å². The summed E-state index contributed by atoms with van der Waals surface area (Å²) in [6.07, 6.45) is 2.00. The topological polar surface area (TPSA) is 66.5 Å². The molecule has 0 bridgehead atoms. The second kappa shape index (κ2) is 5.90. The lowest BCUT2D eigenvalue weighted by Crippen LogP contribution is -2.52. The van der Waals surface area contributed by atoms with E-state index in [0.717, 1.165) is 24.2 Å². The fraction of sp³-hybridized carbons (Fsp3) is 0.643. The number of hydrogen-bond donors (Lipinski definition) is 1. The zero-order valence-electron chi connectivity index (χ0n) is 12.1. The molecule has 8 heteroatoms. The molecule has 0 unspecified atom stereocenters. The Hall–Kier alpha value is -0.990. The van der Waals surface area contributed by atoms with Gasteiger partial charge in [0, 0.05) is 32.5 Å². The molecule has 0 aromatic carbocycles. The number of halogens is 1. The van der Waals surface area contributed by atoms with E-state index < -0.39 is 21.6 Å². The summed E-state index contributed by atoms with van der Waals surface area (Å²) in [6, 6.07) is 3.21. The van der Waals surface area contributed by atoms with E-state index in [9.17, 15) is 17.6 Å². The number of amides is 1. The molecule has 0 radical (unpaired) electrons. The van der Waals surface area contributed by atoms with Crippen molar-refractivity contribution in [2.45, 2.75) is 35.6 Å². The molecule has 1 N–H and O–H groups in total. The van der Waals surface area contributed by atoms with Crippen molar-refractivity contribution in [2.24, 2.45) is 5.92 Å². The number of thiophene rings is 1. The molecule has 22 heavy (non-hydrogen) atoms. The number of nitrogens with zero attached hydrogens (tertiary/aromatic N) is 1. The molecule has 1 saturated heterocycles. The van der Waals surface area contributed by atoms with Gasteiger partial charge in [-0.25, -0.2) is 12.8 Å². The Morgan fingerprint density at radius 1 is 1.41 bits per heavy atom. The van der Waals surface area contributed by atoms with Gasteiger partial charge in [0.05, 0.1) is 0 Å². The van der Waals surface area contributed by atoms with Crippen LogP contribution in [0, 0.1) is 5.92 Å². The molecule has 2 fully saturated rings. The van der Waals surface area contributed by atoms with Crippen molar-refractivity contribution < 1.29 is 17.6 Å². The number of rotatable bonds is 5. The molecule has 2 heterocycles. The number of sulfonamides is 1. The van der Waals surface area contributed by atoms with Crippen LogP contribution in [0.2, 0.25) is 0 Å². The van der Waals surface area contributed by atoms with Gasteiger partial charge in [-0.3, -0.25) is 4.79 Å². The van der Waals surface area contributed by atoms with Crippen LogP contribution in [-0.4, -0.2) is 43.9 Å². The van der Waals surface area contributed by atoms with Crippen LogP contribution in [0.4, 0.5) is 4.39 Å². The number of carbonyl (C=O) groups is 1. The second-order valence-electron chi connectivity index (χ2n) is 5.95. The summed E-state index contributed by atoms with van der Waals surface area (Å²) in [6.45, 7) is 0.600. The van der Waals surface area contributed by atoms with E-state index in [0.29, 0.717) is 12.5 Å². The van der Waals surface area contributed by atoms with Crippen LogP contribution in [0.3, 0.4) is 0 Å². The third-order valence-electron chi connectivity index (χ3n) is 4.26. The fourth-order valence-electron chi connectivity index (χ4n) is 2.56. The Bertz CT molecular complexity index is 633. The minimum Gasteiger partial charge on any atom is -0.353 e. The molecule has 1 aromatic rings. The SMILES string of the molecule is O=C(NCC1CC1)C1(F)CCN(S(=O)(=O)c2cccs2)CC1. The van der Waals surface area contributed by atoms with E-state index in [4.69, 9.17) is 0 Å². The Morgan fingerprint density at radius 2 is 2.09 bits per heavy atom. The average molecular weight is 346 g/mol. The first-order chi connectivity index (χ1) is 10.4. The molecule has 2 aliphatic rings. The minimum absolute atomic E-state index is 0.0353. The molecule has 0 atom stereocenters. The van der Waals surface area contributed by atoms with Crippen molar-refractivity contribution in [1.82, 2.24) is 9.62 Å². The summed E-state index contributed by atoms with van der Waals surface area (Å²) >= 11 is 1.15. The summed E-state index contributed by atoms with van der Waals surface area (Å²) in [4.78, 5) is 12.0. The van der Waals surface area contributed by atoms with Gasteiger partial charge >= 0.3 is 0 Å². The molecular formula is C14H19FN2O3S2. The summed E-state index contributed by atoms with van der Waals surface area (Å²) in [5.41, 5.74) is -1.95. The number of piperidine rings is 1.